The molecule has 0 radical (unpaired) electrons. The Hall–Kier alpha value is -3.27. The summed E-state index contributed by atoms with van der Waals surface area (Å²) in [4.78, 5) is 0.939. The maximum Gasteiger partial charge on any atom is 0.416 e. The normalized spacial score (nSPS) is 12.4. The minimum absolute atomic E-state index is 0.0866. The molecule has 0 saturated heterocycles. The second kappa shape index (κ2) is 11.9. The van der Waals surface area contributed by atoms with Crippen LogP contribution in [0.15, 0.2) is 72.8 Å². The Balaban J connectivity index is 0.00000210. The lowest BCUT2D eigenvalue weighted by atomic mass is 10.1. The van der Waals surface area contributed by atoms with Gasteiger partial charge in [0.25, 0.3) is 0 Å². The van der Waals surface area contributed by atoms with E-state index in [0.29, 0.717) is 23.9 Å². The highest BCUT2D eigenvalue weighted by molar-refractivity contribution is 5.52. The molecule has 0 unspecified atom stereocenters. The van der Waals surface area contributed by atoms with Gasteiger partial charge in [0.2, 0.25) is 0 Å². The molecule has 35 heavy (non-hydrogen) atoms. The highest BCUT2D eigenvalue weighted by atomic mass is 19.4. The fraction of sp³-hybridized carbons (Fsp3) is 0.280. The number of rotatable bonds is 7. The predicted octanol–water partition coefficient (Wildman–Crippen LogP) is 7.59. The molecule has 190 valence electrons. The zero-order valence-electron chi connectivity index (χ0n) is 18.9. The van der Waals surface area contributed by atoms with Gasteiger partial charge in [-0.15, -0.1) is 0 Å². The van der Waals surface area contributed by atoms with Gasteiger partial charge in [0.05, 0.1) is 12.1 Å². The third-order valence-corrected chi connectivity index (χ3v) is 4.67. The van der Waals surface area contributed by atoms with Gasteiger partial charge < -0.3 is 14.7 Å². The molecule has 1 atom stereocenters. The van der Waals surface area contributed by atoms with Crippen molar-refractivity contribution in [1.82, 2.24) is 0 Å². The van der Waals surface area contributed by atoms with Crippen molar-refractivity contribution < 1.29 is 40.6 Å². The average molecular weight is 503 g/mol. The molecule has 3 aromatic carbocycles. The van der Waals surface area contributed by atoms with Crippen molar-refractivity contribution in [3.8, 4) is 11.5 Å². The number of para-hydroxylation sites is 1. The van der Waals surface area contributed by atoms with Gasteiger partial charge in [0.1, 0.15) is 17.3 Å². The minimum atomic E-state index is -4.98. The van der Waals surface area contributed by atoms with Crippen LogP contribution in [0.3, 0.4) is 0 Å². The van der Waals surface area contributed by atoms with Crippen LogP contribution < -0.4 is 9.64 Å². The first-order valence-electron chi connectivity index (χ1n) is 10.6. The van der Waals surface area contributed by atoms with E-state index in [1.807, 2.05) is 13.8 Å². The smallest absolute Gasteiger partial charge is 0.416 e. The number of halogens is 7. The second-order valence-electron chi connectivity index (χ2n) is 7.15. The quantitative estimate of drug-likeness (QED) is 0.337. The Bertz CT molecular complexity index is 1070. The van der Waals surface area contributed by atoms with Crippen LogP contribution in [0.25, 0.3) is 0 Å². The van der Waals surface area contributed by atoms with Gasteiger partial charge >= 0.3 is 12.4 Å². The molecule has 0 aliphatic heterocycles. The van der Waals surface area contributed by atoms with Gasteiger partial charge in [-0.3, -0.25) is 0 Å². The first-order chi connectivity index (χ1) is 16.4. The van der Waals surface area contributed by atoms with E-state index in [2.05, 4.69) is 0 Å². The third kappa shape index (κ3) is 8.17. The van der Waals surface area contributed by atoms with Gasteiger partial charge in [-0.2, -0.15) is 26.3 Å². The van der Waals surface area contributed by atoms with Gasteiger partial charge in [0, 0.05) is 23.9 Å². The fourth-order valence-electron chi connectivity index (χ4n) is 3.02. The summed E-state index contributed by atoms with van der Waals surface area (Å²) in [6.07, 6.45) is -12.6. The van der Waals surface area contributed by atoms with Crippen LogP contribution in [-0.4, -0.2) is 23.9 Å². The lowest BCUT2D eigenvalue weighted by Crippen LogP contribution is -2.41. The molecule has 0 aliphatic rings. The largest absolute Gasteiger partial charge is 0.457 e. The van der Waals surface area contributed by atoms with Crippen LogP contribution in [0.4, 0.5) is 36.4 Å². The van der Waals surface area contributed by atoms with Crippen LogP contribution in [-0.2, 0) is 12.7 Å². The number of benzene rings is 3. The number of anilines is 1. The summed E-state index contributed by atoms with van der Waals surface area (Å²) in [6, 6.07) is 15.9. The van der Waals surface area contributed by atoms with Gasteiger partial charge in [-0.1, -0.05) is 38.1 Å². The van der Waals surface area contributed by atoms with Gasteiger partial charge in [-0.05, 0) is 42.5 Å². The van der Waals surface area contributed by atoms with Crippen LogP contribution in [0.2, 0.25) is 0 Å². The number of nitrogens with zero attached hydrogens (tertiary/aromatic N) is 1. The Morgan fingerprint density at radius 3 is 2.06 bits per heavy atom. The number of ether oxygens (including phenoxy) is 1. The molecular weight excluding hydrogens is 479 g/mol. The molecule has 0 saturated carbocycles. The monoisotopic (exact) mass is 503 g/mol. The van der Waals surface area contributed by atoms with Crippen molar-refractivity contribution >= 4 is 5.69 Å². The SMILES string of the molecule is CC.O[C@H](CN(Cc1cc(C(F)(F)F)ccc1F)c1cccc(Oc2ccccc2)c1)C(F)(F)F. The molecule has 0 aliphatic carbocycles. The Morgan fingerprint density at radius 1 is 0.829 bits per heavy atom. The van der Waals surface area contributed by atoms with Crippen LogP contribution in [0.1, 0.15) is 25.0 Å². The van der Waals surface area contributed by atoms with Crippen molar-refractivity contribution in [2.75, 3.05) is 11.4 Å². The fourth-order valence-corrected chi connectivity index (χ4v) is 3.02. The third-order valence-electron chi connectivity index (χ3n) is 4.67. The lowest BCUT2D eigenvalue weighted by Gasteiger charge is -2.29. The van der Waals surface area contributed by atoms with Crippen molar-refractivity contribution in [1.29, 1.82) is 0 Å². The lowest BCUT2D eigenvalue weighted by molar-refractivity contribution is -0.200. The molecule has 0 amide bonds. The molecule has 0 bridgehead atoms. The van der Waals surface area contributed by atoms with E-state index in [1.54, 1.807) is 30.3 Å². The number of aliphatic hydroxyl groups is 1. The molecular formula is C25H24F7NO2. The van der Waals surface area contributed by atoms with E-state index in [-0.39, 0.29) is 11.4 Å². The molecule has 0 fully saturated rings. The van der Waals surface area contributed by atoms with Crippen LogP contribution in [0, 0.1) is 5.82 Å². The maximum absolute atomic E-state index is 14.3. The van der Waals surface area contributed by atoms with E-state index < -0.39 is 48.5 Å². The van der Waals surface area contributed by atoms with E-state index in [9.17, 15) is 35.8 Å². The van der Waals surface area contributed by atoms with Crippen LogP contribution in [0.5, 0.6) is 11.5 Å². The zero-order chi connectivity index (χ0) is 26.2. The predicted molar refractivity (Wildman–Crippen MR) is 119 cm³/mol. The molecule has 3 aromatic rings. The zero-order valence-corrected chi connectivity index (χ0v) is 18.9. The molecule has 3 nitrogen and oxygen atoms in total. The summed E-state index contributed by atoms with van der Waals surface area (Å²) in [5.74, 6) is -0.346. The summed E-state index contributed by atoms with van der Waals surface area (Å²) >= 11 is 0. The Kier molecular flexibility index (Phi) is 9.53. The first kappa shape index (κ1) is 28.0. The van der Waals surface area contributed by atoms with Crippen LogP contribution >= 0.6 is 0 Å². The molecule has 10 heteroatoms. The maximum atomic E-state index is 14.3. The number of hydrogen-bond acceptors (Lipinski definition) is 3. The van der Waals surface area contributed by atoms with E-state index in [0.717, 1.165) is 4.90 Å². The molecule has 1 N–H and O–H groups in total. The average Bonchev–Trinajstić information content (AvgIpc) is 2.80. The van der Waals surface area contributed by atoms with E-state index in [4.69, 9.17) is 4.74 Å². The highest BCUT2D eigenvalue weighted by Gasteiger charge is 2.39. The van der Waals surface area contributed by atoms with Gasteiger partial charge in [-0.25, -0.2) is 4.39 Å². The van der Waals surface area contributed by atoms with Crippen molar-refractivity contribution in [2.24, 2.45) is 0 Å². The summed E-state index contributed by atoms with van der Waals surface area (Å²) in [7, 11) is 0. The summed E-state index contributed by atoms with van der Waals surface area (Å²) in [6.45, 7) is 2.31. The number of hydrogen-bond donors (Lipinski definition) is 1. The Morgan fingerprint density at radius 2 is 1.46 bits per heavy atom. The van der Waals surface area contributed by atoms with Crippen molar-refractivity contribution in [3.05, 3.63) is 89.7 Å². The first-order valence-corrected chi connectivity index (χ1v) is 10.6. The molecule has 3 rings (SSSR count). The molecule has 0 spiro atoms. The summed E-state index contributed by atoms with van der Waals surface area (Å²) < 4.78 is 98.1. The topological polar surface area (TPSA) is 32.7 Å². The van der Waals surface area contributed by atoms with Crippen molar-refractivity contribution in [3.63, 3.8) is 0 Å². The van der Waals surface area contributed by atoms with Crippen molar-refractivity contribution in [2.45, 2.75) is 38.8 Å². The molecule has 0 heterocycles. The number of aliphatic hydroxyl groups excluding tert-OH is 1. The minimum Gasteiger partial charge on any atom is -0.457 e. The summed E-state index contributed by atoms with van der Waals surface area (Å²) in [5, 5.41) is 9.58. The van der Waals surface area contributed by atoms with E-state index >= 15 is 0 Å². The standard InChI is InChI=1S/C23H18F7NO2.C2H6/c24-20-10-9-16(22(25,26)27)11-15(20)13-31(14-21(32)23(28,29)30)17-5-4-8-19(12-17)33-18-6-2-1-3-7-18;1-2/h1-12,21,32H,13-14H2;1-2H3/t21-;/m1./s1. The highest BCUT2D eigenvalue weighted by Crippen LogP contribution is 2.33. The number of alkyl halides is 6. The van der Waals surface area contributed by atoms with Gasteiger partial charge in [0.15, 0.2) is 6.10 Å². The Labute approximate surface area is 198 Å². The second-order valence-corrected chi connectivity index (χ2v) is 7.15. The molecule has 0 aromatic heterocycles. The van der Waals surface area contributed by atoms with E-state index in [1.165, 1.54) is 24.3 Å². The summed E-state index contributed by atoms with van der Waals surface area (Å²) in [5.41, 5.74) is -1.53.